The zero-order chi connectivity index (χ0) is 17.5. The zero-order valence-corrected chi connectivity index (χ0v) is 14.1. The van der Waals surface area contributed by atoms with E-state index in [1.807, 2.05) is 33.0 Å². The standard InChI is InChI=1S/C17H23FN4O2/c1-12(2)24-14-5-6-16(15(18)9-14)21-17(23)19-10-13(3)11-22-8-4-7-20-22/h4-9,12-13H,10-11H2,1-3H3,(H2,19,21,23)/t13-/m0/s1. The van der Waals surface area contributed by atoms with Crippen LogP contribution in [0.4, 0.5) is 14.9 Å². The summed E-state index contributed by atoms with van der Waals surface area (Å²) < 4.78 is 21.2. The van der Waals surface area contributed by atoms with Crippen molar-refractivity contribution in [1.82, 2.24) is 15.1 Å². The number of carbonyl (C=O) groups excluding carboxylic acids is 1. The minimum atomic E-state index is -0.534. The molecule has 0 saturated heterocycles. The Morgan fingerprint density at radius 2 is 2.17 bits per heavy atom. The largest absolute Gasteiger partial charge is 0.491 e. The molecule has 2 aromatic rings. The first-order valence-corrected chi connectivity index (χ1v) is 7.92. The highest BCUT2D eigenvalue weighted by Gasteiger charge is 2.10. The van der Waals surface area contributed by atoms with E-state index in [2.05, 4.69) is 15.7 Å². The number of carbonyl (C=O) groups is 1. The number of amides is 2. The van der Waals surface area contributed by atoms with Crippen LogP contribution in [0.5, 0.6) is 5.75 Å². The average molecular weight is 334 g/mol. The predicted octanol–water partition coefficient (Wildman–Crippen LogP) is 3.27. The van der Waals surface area contributed by atoms with Crippen LogP contribution in [-0.4, -0.2) is 28.5 Å². The lowest BCUT2D eigenvalue weighted by atomic mass is 10.2. The van der Waals surface area contributed by atoms with Crippen molar-refractivity contribution in [3.05, 3.63) is 42.5 Å². The van der Waals surface area contributed by atoms with Gasteiger partial charge in [-0.15, -0.1) is 0 Å². The van der Waals surface area contributed by atoms with Gasteiger partial charge in [0.15, 0.2) is 0 Å². The molecule has 0 bridgehead atoms. The summed E-state index contributed by atoms with van der Waals surface area (Å²) in [6.45, 7) is 6.88. The van der Waals surface area contributed by atoms with E-state index in [-0.39, 0.29) is 17.7 Å². The van der Waals surface area contributed by atoms with E-state index in [4.69, 9.17) is 4.74 Å². The van der Waals surface area contributed by atoms with Gasteiger partial charge in [-0.1, -0.05) is 6.92 Å². The molecule has 130 valence electrons. The summed E-state index contributed by atoms with van der Waals surface area (Å²) in [5.74, 6) is 0.0940. The molecule has 2 amide bonds. The zero-order valence-electron chi connectivity index (χ0n) is 14.1. The Kier molecular flexibility index (Phi) is 6.17. The van der Waals surface area contributed by atoms with Crippen molar-refractivity contribution >= 4 is 11.7 Å². The normalized spacial score (nSPS) is 12.0. The van der Waals surface area contributed by atoms with Gasteiger partial charge >= 0.3 is 6.03 Å². The van der Waals surface area contributed by atoms with Crippen LogP contribution >= 0.6 is 0 Å². The van der Waals surface area contributed by atoms with Crippen LogP contribution in [0, 0.1) is 11.7 Å². The third-order valence-electron chi connectivity index (χ3n) is 3.23. The Hall–Kier alpha value is -2.57. The van der Waals surface area contributed by atoms with Gasteiger partial charge < -0.3 is 15.4 Å². The summed E-state index contributed by atoms with van der Waals surface area (Å²) in [6.07, 6.45) is 3.54. The SMILES string of the molecule is CC(C)Oc1ccc(NC(=O)NC[C@H](C)Cn2cccn2)c(F)c1. The van der Waals surface area contributed by atoms with E-state index in [1.54, 1.807) is 16.9 Å². The first-order chi connectivity index (χ1) is 11.4. The van der Waals surface area contributed by atoms with Crippen molar-refractivity contribution < 1.29 is 13.9 Å². The van der Waals surface area contributed by atoms with Crippen LogP contribution in [0.25, 0.3) is 0 Å². The number of rotatable bonds is 7. The molecule has 0 aliphatic heterocycles. The maximum Gasteiger partial charge on any atom is 0.319 e. The number of nitrogens with zero attached hydrogens (tertiary/aromatic N) is 2. The Morgan fingerprint density at radius 3 is 2.79 bits per heavy atom. The van der Waals surface area contributed by atoms with Gasteiger partial charge in [-0.25, -0.2) is 9.18 Å². The molecule has 24 heavy (non-hydrogen) atoms. The van der Waals surface area contributed by atoms with Crippen LogP contribution in [0.15, 0.2) is 36.7 Å². The van der Waals surface area contributed by atoms with Crippen LogP contribution < -0.4 is 15.4 Å². The topological polar surface area (TPSA) is 68.2 Å². The maximum atomic E-state index is 14.0. The van der Waals surface area contributed by atoms with Gasteiger partial charge in [0.2, 0.25) is 0 Å². The number of benzene rings is 1. The van der Waals surface area contributed by atoms with E-state index in [0.29, 0.717) is 18.8 Å². The Labute approximate surface area is 141 Å². The molecule has 0 aliphatic rings. The molecule has 2 N–H and O–H groups in total. The highest BCUT2D eigenvalue weighted by Crippen LogP contribution is 2.21. The molecular formula is C17H23FN4O2. The third-order valence-corrected chi connectivity index (χ3v) is 3.23. The molecule has 1 aromatic carbocycles. The summed E-state index contributed by atoms with van der Waals surface area (Å²) in [5.41, 5.74) is 0.114. The van der Waals surface area contributed by atoms with Crippen LogP contribution in [0.1, 0.15) is 20.8 Å². The van der Waals surface area contributed by atoms with E-state index in [9.17, 15) is 9.18 Å². The number of halogens is 1. The second-order valence-electron chi connectivity index (χ2n) is 5.98. The Morgan fingerprint density at radius 1 is 1.38 bits per heavy atom. The van der Waals surface area contributed by atoms with Crippen LogP contribution in [-0.2, 0) is 6.54 Å². The minimum absolute atomic E-state index is 0.0391. The summed E-state index contributed by atoms with van der Waals surface area (Å²) >= 11 is 0. The first kappa shape index (κ1) is 17.8. The van der Waals surface area contributed by atoms with Gasteiger partial charge in [-0.05, 0) is 38.0 Å². The Bertz CT molecular complexity index is 659. The molecule has 7 heteroatoms. The number of anilines is 1. The van der Waals surface area contributed by atoms with Crippen molar-refractivity contribution in [2.24, 2.45) is 5.92 Å². The number of hydrogen-bond donors (Lipinski definition) is 2. The van der Waals surface area contributed by atoms with E-state index in [0.717, 1.165) is 0 Å². The lowest BCUT2D eigenvalue weighted by molar-refractivity contribution is 0.241. The second-order valence-corrected chi connectivity index (χ2v) is 5.98. The highest BCUT2D eigenvalue weighted by atomic mass is 19.1. The fourth-order valence-electron chi connectivity index (χ4n) is 2.17. The van der Waals surface area contributed by atoms with E-state index >= 15 is 0 Å². The lowest BCUT2D eigenvalue weighted by Gasteiger charge is -2.14. The number of ether oxygens (including phenoxy) is 1. The smallest absolute Gasteiger partial charge is 0.319 e. The molecule has 0 fully saturated rings. The molecule has 2 rings (SSSR count). The van der Waals surface area contributed by atoms with Crippen LogP contribution in [0.3, 0.4) is 0 Å². The number of hydrogen-bond acceptors (Lipinski definition) is 3. The van der Waals surface area contributed by atoms with Gasteiger partial charge in [-0.2, -0.15) is 5.10 Å². The van der Waals surface area contributed by atoms with Crippen molar-refractivity contribution in [2.75, 3.05) is 11.9 Å². The van der Waals surface area contributed by atoms with Gasteiger partial charge in [-0.3, -0.25) is 4.68 Å². The summed E-state index contributed by atoms with van der Waals surface area (Å²) in [7, 11) is 0. The molecular weight excluding hydrogens is 311 g/mol. The minimum Gasteiger partial charge on any atom is -0.491 e. The van der Waals surface area contributed by atoms with Crippen molar-refractivity contribution in [3.8, 4) is 5.75 Å². The summed E-state index contributed by atoms with van der Waals surface area (Å²) in [6, 6.07) is 5.77. The fourth-order valence-corrected chi connectivity index (χ4v) is 2.17. The molecule has 0 saturated carbocycles. The lowest BCUT2D eigenvalue weighted by Crippen LogP contribution is -2.33. The van der Waals surface area contributed by atoms with Gasteiger partial charge in [0, 0.05) is 31.5 Å². The molecule has 0 aliphatic carbocycles. The molecule has 0 radical (unpaired) electrons. The highest BCUT2D eigenvalue weighted by molar-refractivity contribution is 5.89. The second kappa shape index (κ2) is 8.33. The third kappa shape index (κ3) is 5.57. The van der Waals surface area contributed by atoms with Crippen molar-refractivity contribution in [2.45, 2.75) is 33.4 Å². The van der Waals surface area contributed by atoms with Gasteiger partial charge in [0.05, 0.1) is 11.8 Å². The molecule has 6 nitrogen and oxygen atoms in total. The molecule has 1 aromatic heterocycles. The van der Waals surface area contributed by atoms with Gasteiger partial charge in [0.25, 0.3) is 0 Å². The first-order valence-electron chi connectivity index (χ1n) is 7.92. The van der Waals surface area contributed by atoms with E-state index < -0.39 is 11.8 Å². The summed E-state index contributed by atoms with van der Waals surface area (Å²) in [5, 5.41) is 9.35. The monoisotopic (exact) mass is 334 g/mol. The number of aromatic nitrogens is 2. The van der Waals surface area contributed by atoms with E-state index in [1.165, 1.54) is 12.1 Å². The quantitative estimate of drug-likeness (QED) is 0.816. The molecule has 1 heterocycles. The predicted molar refractivity (Wildman–Crippen MR) is 90.6 cm³/mol. The Balaban J connectivity index is 1.81. The molecule has 1 atom stereocenters. The van der Waals surface area contributed by atoms with Crippen molar-refractivity contribution in [3.63, 3.8) is 0 Å². The van der Waals surface area contributed by atoms with Crippen LogP contribution in [0.2, 0.25) is 0 Å². The maximum absolute atomic E-state index is 14.0. The number of urea groups is 1. The van der Waals surface area contributed by atoms with Crippen molar-refractivity contribution in [1.29, 1.82) is 0 Å². The number of nitrogens with one attached hydrogen (secondary N) is 2. The molecule has 0 unspecified atom stereocenters. The molecule has 0 spiro atoms. The fraction of sp³-hybridized carbons (Fsp3) is 0.412. The summed E-state index contributed by atoms with van der Waals surface area (Å²) in [4.78, 5) is 11.9. The average Bonchev–Trinajstić information content (AvgIpc) is 3.00. The van der Waals surface area contributed by atoms with Gasteiger partial charge in [0.1, 0.15) is 11.6 Å².